The first-order chi connectivity index (χ1) is 39.0. The van der Waals surface area contributed by atoms with Gasteiger partial charge >= 0.3 is 17.9 Å². The lowest BCUT2D eigenvalue weighted by Gasteiger charge is -2.18. The Morgan fingerprint density at radius 1 is 0.278 bits per heavy atom. The second-order valence-corrected chi connectivity index (χ2v) is 21.3. The van der Waals surface area contributed by atoms with E-state index in [4.69, 9.17) is 14.2 Å². The van der Waals surface area contributed by atoms with Crippen LogP contribution in [0.3, 0.4) is 0 Å². The number of rotatable bonds is 58. The van der Waals surface area contributed by atoms with E-state index in [1.54, 1.807) is 6.08 Å². The highest BCUT2D eigenvalue weighted by molar-refractivity contribution is 5.72. The normalized spacial score (nSPS) is 13.0. The largest absolute Gasteiger partial charge is 0.462 e. The van der Waals surface area contributed by atoms with E-state index < -0.39 is 12.1 Å². The van der Waals surface area contributed by atoms with Crippen LogP contribution in [0.1, 0.15) is 290 Å². The van der Waals surface area contributed by atoms with Crippen LogP contribution in [0, 0.1) is 0 Å². The van der Waals surface area contributed by atoms with Gasteiger partial charge in [0.15, 0.2) is 6.10 Å². The van der Waals surface area contributed by atoms with Crippen LogP contribution < -0.4 is 0 Å². The Morgan fingerprint density at radius 2 is 0.544 bits per heavy atom. The van der Waals surface area contributed by atoms with Gasteiger partial charge in [0.25, 0.3) is 0 Å². The van der Waals surface area contributed by atoms with Gasteiger partial charge in [0.2, 0.25) is 0 Å². The molecule has 0 N–H and O–H groups in total. The van der Waals surface area contributed by atoms with Gasteiger partial charge in [0.1, 0.15) is 13.2 Å². The summed E-state index contributed by atoms with van der Waals surface area (Å²) >= 11 is 0. The maximum absolute atomic E-state index is 12.9. The van der Waals surface area contributed by atoms with Crippen molar-refractivity contribution >= 4 is 17.9 Å². The maximum atomic E-state index is 12.9. The third-order valence-electron chi connectivity index (χ3n) is 13.7. The van der Waals surface area contributed by atoms with Gasteiger partial charge in [-0.1, -0.05) is 289 Å². The molecule has 0 saturated carbocycles. The van der Waals surface area contributed by atoms with Crippen LogP contribution in [0.4, 0.5) is 0 Å². The summed E-state index contributed by atoms with van der Waals surface area (Å²) in [6.07, 6.45) is 93.4. The molecule has 0 bridgehead atoms. The Labute approximate surface area is 487 Å². The summed E-state index contributed by atoms with van der Waals surface area (Å²) in [4.78, 5) is 38.3. The van der Waals surface area contributed by atoms with Gasteiger partial charge in [0, 0.05) is 12.8 Å². The summed E-state index contributed by atoms with van der Waals surface area (Å²) in [6.45, 7) is 6.31. The smallest absolute Gasteiger partial charge is 0.309 e. The Kier molecular flexibility index (Phi) is 62.3. The fraction of sp³-hybridized carbons (Fsp3) is 0.658. The highest BCUT2D eigenvalue weighted by Gasteiger charge is 2.19. The molecular weight excluding hydrogens is 973 g/mol. The van der Waals surface area contributed by atoms with Crippen molar-refractivity contribution in [1.29, 1.82) is 0 Å². The minimum absolute atomic E-state index is 0.112. The van der Waals surface area contributed by atoms with E-state index in [1.165, 1.54) is 148 Å². The fourth-order valence-corrected chi connectivity index (χ4v) is 8.83. The summed E-state index contributed by atoms with van der Waals surface area (Å²) in [5.74, 6) is -1.05. The van der Waals surface area contributed by atoms with Gasteiger partial charge in [-0.15, -0.1) is 0 Å². The van der Waals surface area contributed by atoms with Crippen LogP contribution in [0.15, 0.2) is 134 Å². The minimum atomic E-state index is -0.826. The molecule has 0 aliphatic heterocycles. The zero-order valence-electron chi connectivity index (χ0n) is 51.3. The van der Waals surface area contributed by atoms with Crippen molar-refractivity contribution in [3.05, 3.63) is 134 Å². The molecule has 448 valence electrons. The van der Waals surface area contributed by atoms with Gasteiger partial charge in [-0.3, -0.25) is 14.4 Å². The van der Waals surface area contributed by atoms with Gasteiger partial charge in [0.05, 0.1) is 6.42 Å². The third kappa shape index (κ3) is 64.3. The molecule has 6 heteroatoms. The van der Waals surface area contributed by atoms with Gasteiger partial charge in [-0.05, 0) is 116 Å². The lowest BCUT2D eigenvalue weighted by Crippen LogP contribution is -2.30. The third-order valence-corrected chi connectivity index (χ3v) is 13.7. The Hall–Kier alpha value is -4.45. The molecule has 0 aliphatic rings. The zero-order chi connectivity index (χ0) is 57.1. The van der Waals surface area contributed by atoms with E-state index in [0.29, 0.717) is 12.8 Å². The molecule has 0 heterocycles. The van der Waals surface area contributed by atoms with Crippen molar-refractivity contribution in [3.63, 3.8) is 0 Å². The van der Waals surface area contributed by atoms with Crippen molar-refractivity contribution in [2.24, 2.45) is 0 Å². The fourth-order valence-electron chi connectivity index (χ4n) is 8.83. The molecule has 0 radical (unpaired) electrons. The molecule has 0 saturated heterocycles. The number of allylic oxidation sites excluding steroid dienone is 21. The number of carbonyl (C=O) groups is 3. The predicted molar refractivity (Wildman–Crippen MR) is 343 cm³/mol. The number of hydrogen-bond acceptors (Lipinski definition) is 6. The number of unbranched alkanes of at least 4 members (excludes halogenated alkanes) is 26. The highest BCUT2D eigenvalue weighted by atomic mass is 16.6. The van der Waals surface area contributed by atoms with Crippen molar-refractivity contribution in [1.82, 2.24) is 0 Å². The summed E-state index contributed by atoms with van der Waals surface area (Å²) in [6, 6.07) is 0. The number of carbonyl (C=O) groups excluding carboxylic acids is 3. The van der Waals surface area contributed by atoms with E-state index in [2.05, 4.69) is 142 Å². The molecule has 1 unspecified atom stereocenters. The molecule has 0 amide bonds. The number of esters is 3. The molecule has 1 atom stereocenters. The average molecular weight is 1090 g/mol. The van der Waals surface area contributed by atoms with Gasteiger partial charge < -0.3 is 14.2 Å². The first-order valence-electron chi connectivity index (χ1n) is 32.7. The predicted octanol–water partition coefficient (Wildman–Crippen LogP) is 22.5. The second kappa shape index (κ2) is 66.1. The maximum Gasteiger partial charge on any atom is 0.309 e. The second-order valence-electron chi connectivity index (χ2n) is 21.3. The average Bonchev–Trinajstić information content (AvgIpc) is 3.45. The Morgan fingerprint density at radius 3 is 0.886 bits per heavy atom. The lowest BCUT2D eigenvalue weighted by molar-refractivity contribution is -0.166. The Balaban J connectivity index is 4.38. The molecule has 0 aromatic heterocycles. The van der Waals surface area contributed by atoms with Crippen LogP contribution in [-0.4, -0.2) is 37.2 Å². The summed E-state index contributed by atoms with van der Waals surface area (Å²) in [5, 5.41) is 0. The van der Waals surface area contributed by atoms with Crippen molar-refractivity contribution < 1.29 is 28.6 Å². The molecule has 0 fully saturated rings. The van der Waals surface area contributed by atoms with E-state index >= 15 is 0 Å². The van der Waals surface area contributed by atoms with Crippen molar-refractivity contribution in [2.75, 3.05) is 13.2 Å². The molecule has 0 aliphatic carbocycles. The van der Waals surface area contributed by atoms with E-state index in [-0.39, 0.29) is 31.6 Å². The zero-order valence-corrected chi connectivity index (χ0v) is 51.3. The van der Waals surface area contributed by atoms with Crippen LogP contribution in [0.25, 0.3) is 0 Å². The molecule has 0 spiro atoms. The Bertz CT molecular complexity index is 1680. The molecule has 0 aromatic rings. The first kappa shape index (κ1) is 74.5. The van der Waals surface area contributed by atoms with Crippen molar-refractivity contribution in [3.8, 4) is 0 Å². The number of hydrogen-bond donors (Lipinski definition) is 0. The van der Waals surface area contributed by atoms with E-state index in [9.17, 15) is 14.4 Å². The lowest BCUT2D eigenvalue weighted by atomic mass is 10.0. The summed E-state index contributed by atoms with van der Waals surface area (Å²) in [5.41, 5.74) is 0. The van der Waals surface area contributed by atoms with Crippen LogP contribution >= 0.6 is 0 Å². The monoisotopic (exact) mass is 1090 g/mol. The SMILES string of the molecule is CC/C=C\C/C=C\C/C=C\C/C=C\C/C=C\CC(=O)OCC(COC(=O)CCCCCCCCCCCCCCCC/C=C\C/C=C\C/C=C\C/C=C\CC)OC(=O)CCCCCCCCCCC/C=C\C/C=C\CCCCC. The topological polar surface area (TPSA) is 78.9 Å². The molecule has 6 nitrogen and oxygen atoms in total. The van der Waals surface area contributed by atoms with Crippen molar-refractivity contribution in [2.45, 2.75) is 297 Å². The standard InChI is InChI=1S/C73H120O6/c1-4-7-10-13-16-19-22-25-28-30-32-33-34-35-36-37-38-39-41-42-45-48-51-54-57-60-63-66-72(75)78-69-70(68-77-71(74)65-62-59-56-53-50-47-44-27-24-21-18-15-12-9-6-3)79-73(76)67-64-61-58-55-52-49-46-43-40-31-29-26-23-20-17-14-11-8-5-2/h7,9-10,12,16-21,25-29,32-33,44,50,53,59,62,70H,4-6,8,11,13-15,22-24,30-31,34-43,45-49,51-52,54-58,60-61,63-69H2,1-3H3/b10-7-,12-9-,19-16-,20-17-,21-18-,28-25-,29-26-,33-32-,44-27-,53-50-,62-59-. The quantitative estimate of drug-likeness (QED) is 0.0261. The van der Waals surface area contributed by atoms with E-state index in [0.717, 1.165) is 103 Å². The number of ether oxygens (including phenoxy) is 3. The van der Waals surface area contributed by atoms with Crippen LogP contribution in [-0.2, 0) is 28.6 Å². The minimum Gasteiger partial charge on any atom is -0.462 e. The summed E-state index contributed by atoms with van der Waals surface area (Å²) < 4.78 is 16.8. The molecular formula is C73H120O6. The first-order valence-corrected chi connectivity index (χ1v) is 32.7. The van der Waals surface area contributed by atoms with Gasteiger partial charge in [-0.2, -0.15) is 0 Å². The molecule has 79 heavy (non-hydrogen) atoms. The highest BCUT2D eigenvalue weighted by Crippen LogP contribution is 2.16. The molecule has 0 aromatic carbocycles. The van der Waals surface area contributed by atoms with E-state index in [1.807, 2.05) is 6.08 Å². The van der Waals surface area contributed by atoms with Crippen LogP contribution in [0.5, 0.6) is 0 Å². The van der Waals surface area contributed by atoms with Gasteiger partial charge in [-0.25, -0.2) is 0 Å². The van der Waals surface area contributed by atoms with Crippen LogP contribution in [0.2, 0.25) is 0 Å². The molecule has 0 rings (SSSR count). The summed E-state index contributed by atoms with van der Waals surface area (Å²) in [7, 11) is 0.